The Morgan fingerprint density at radius 3 is 2.63 bits per heavy atom. The molecule has 0 unspecified atom stereocenters. The van der Waals surface area contributed by atoms with E-state index in [0.717, 1.165) is 16.7 Å². The zero-order valence-electron chi connectivity index (χ0n) is 14.2. The lowest BCUT2D eigenvalue weighted by Crippen LogP contribution is -2.29. The smallest absolute Gasteiger partial charge is 0.303 e. The summed E-state index contributed by atoms with van der Waals surface area (Å²) in [5, 5.41) is 9.42. The first kappa shape index (κ1) is 19.6. The van der Waals surface area contributed by atoms with Gasteiger partial charge in [0, 0.05) is 18.0 Å². The molecule has 1 fully saturated rings. The van der Waals surface area contributed by atoms with E-state index in [2.05, 4.69) is 0 Å². The minimum absolute atomic E-state index is 0.0131. The van der Waals surface area contributed by atoms with Crippen LogP contribution in [0.1, 0.15) is 18.4 Å². The third-order valence-corrected chi connectivity index (χ3v) is 5.64. The van der Waals surface area contributed by atoms with E-state index in [1.807, 2.05) is 54.6 Å². The monoisotopic (exact) mass is 417 g/mol. The van der Waals surface area contributed by atoms with Crippen molar-refractivity contribution in [3.8, 4) is 11.1 Å². The van der Waals surface area contributed by atoms with Gasteiger partial charge in [-0.2, -0.15) is 0 Å². The maximum Gasteiger partial charge on any atom is 0.303 e. The molecule has 0 spiro atoms. The lowest BCUT2D eigenvalue weighted by Gasteiger charge is -2.13. The van der Waals surface area contributed by atoms with Crippen LogP contribution in [-0.2, 0) is 9.59 Å². The number of nitrogens with zero attached hydrogens (tertiary/aromatic N) is 1. The molecule has 4 nitrogen and oxygen atoms in total. The zero-order valence-corrected chi connectivity index (χ0v) is 16.6. The fraction of sp³-hybridized carbons (Fsp3) is 0.150. The van der Waals surface area contributed by atoms with Crippen LogP contribution in [0.3, 0.4) is 0 Å². The van der Waals surface area contributed by atoms with E-state index < -0.39 is 5.97 Å². The number of amides is 1. The lowest BCUT2D eigenvalue weighted by molar-refractivity contribution is -0.137. The van der Waals surface area contributed by atoms with Crippen LogP contribution in [0.5, 0.6) is 0 Å². The molecule has 3 rings (SSSR count). The average Bonchev–Trinajstić information content (AvgIpc) is 2.89. The van der Waals surface area contributed by atoms with Gasteiger partial charge in [0.2, 0.25) is 0 Å². The van der Waals surface area contributed by atoms with Gasteiger partial charge in [-0.1, -0.05) is 65.9 Å². The molecule has 1 aliphatic heterocycles. The van der Waals surface area contributed by atoms with E-state index in [1.54, 1.807) is 0 Å². The number of thiocarbonyl (C=S) groups is 1. The van der Waals surface area contributed by atoms with Crippen LogP contribution >= 0.6 is 35.6 Å². The molecule has 0 aliphatic carbocycles. The summed E-state index contributed by atoms with van der Waals surface area (Å²) in [6, 6.07) is 15.4. The van der Waals surface area contributed by atoms with Crippen LogP contribution in [0.25, 0.3) is 17.2 Å². The highest BCUT2D eigenvalue weighted by molar-refractivity contribution is 8.26. The molecule has 0 radical (unpaired) electrons. The van der Waals surface area contributed by atoms with Crippen LogP contribution in [-0.4, -0.2) is 32.7 Å². The Kier molecular flexibility index (Phi) is 6.31. The van der Waals surface area contributed by atoms with Crippen LogP contribution in [0, 0.1) is 0 Å². The van der Waals surface area contributed by atoms with Crippen molar-refractivity contribution in [1.82, 2.24) is 4.90 Å². The number of hydrogen-bond donors (Lipinski definition) is 1. The molecule has 2 aromatic carbocycles. The molecule has 1 N–H and O–H groups in total. The van der Waals surface area contributed by atoms with Crippen molar-refractivity contribution in [3.63, 3.8) is 0 Å². The number of thioether (sulfide) groups is 1. The SMILES string of the molecule is O=C(O)CCCN1C(=O)C(=Cc2cccc(-c3ccc(Cl)cc3)c2)SC1=S. The molecule has 2 aromatic rings. The van der Waals surface area contributed by atoms with E-state index >= 15 is 0 Å². The topological polar surface area (TPSA) is 57.6 Å². The van der Waals surface area contributed by atoms with Gasteiger partial charge in [-0.25, -0.2) is 0 Å². The highest BCUT2D eigenvalue weighted by atomic mass is 35.5. The molecule has 1 heterocycles. The van der Waals surface area contributed by atoms with Crippen molar-refractivity contribution in [1.29, 1.82) is 0 Å². The van der Waals surface area contributed by atoms with Crippen molar-refractivity contribution in [2.45, 2.75) is 12.8 Å². The summed E-state index contributed by atoms with van der Waals surface area (Å²) in [7, 11) is 0. The van der Waals surface area contributed by atoms with Gasteiger partial charge >= 0.3 is 5.97 Å². The summed E-state index contributed by atoms with van der Waals surface area (Å²) in [6.45, 7) is 0.319. The van der Waals surface area contributed by atoms with E-state index in [1.165, 1.54) is 16.7 Å². The third-order valence-electron chi connectivity index (χ3n) is 4.01. The number of carbonyl (C=O) groups is 2. The molecule has 1 aliphatic rings. The quantitative estimate of drug-likeness (QED) is 0.525. The highest BCUT2D eigenvalue weighted by Gasteiger charge is 2.31. The average molecular weight is 418 g/mol. The Balaban J connectivity index is 1.77. The van der Waals surface area contributed by atoms with Crippen LogP contribution in [0.15, 0.2) is 53.4 Å². The molecule has 7 heteroatoms. The summed E-state index contributed by atoms with van der Waals surface area (Å²) >= 11 is 12.5. The van der Waals surface area contributed by atoms with Gasteiger partial charge in [-0.15, -0.1) is 0 Å². The predicted octanol–water partition coefficient (Wildman–Crippen LogP) is 5.07. The molecule has 0 atom stereocenters. The number of carboxylic acids is 1. The number of carbonyl (C=O) groups excluding carboxylic acids is 1. The Bertz CT molecular complexity index is 925. The Morgan fingerprint density at radius 2 is 1.93 bits per heavy atom. The summed E-state index contributed by atoms with van der Waals surface area (Å²) in [5.74, 6) is -1.05. The number of rotatable bonds is 6. The van der Waals surface area contributed by atoms with Crippen LogP contribution < -0.4 is 0 Å². The van der Waals surface area contributed by atoms with Crippen LogP contribution in [0.4, 0.5) is 0 Å². The minimum Gasteiger partial charge on any atom is -0.481 e. The van der Waals surface area contributed by atoms with E-state index in [9.17, 15) is 9.59 Å². The summed E-state index contributed by atoms with van der Waals surface area (Å²) in [6.07, 6.45) is 2.20. The maximum atomic E-state index is 12.6. The molecule has 1 amide bonds. The first-order valence-corrected chi connectivity index (χ1v) is 9.87. The van der Waals surface area contributed by atoms with Gasteiger partial charge < -0.3 is 5.11 Å². The second kappa shape index (κ2) is 8.69. The molecule has 27 heavy (non-hydrogen) atoms. The van der Waals surface area contributed by atoms with Gasteiger partial charge in [-0.05, 0) is 47.4 Å². The normalized spacial score (nSPS) is 15.6. The molecular formula is C20H16ClNO3S2. The van der Waals surface area contributed by atoms with Gasteiger partial charge in [0.1, 0.15) is 4.32 Å². The van der Waals surface area contributed by atoms with Gasteiger partial charge in [0.15, 0.2) is 0 Å². The van der Waals surface area contributed by atoms with Crippen molar-refractivity contribution < 1.29 is 14.7 Å². The van der Waals surface area contributed by atoms with Crippen LogP contribution in [0.2, 0.25) is 5.02 Å². The number of aliphatic carboxylic acids is 1. The maximum absolute atomic E-state index is 12.6. The molecule has 1 saturated heterocycles. The highest BCUT2D eigenvalue weighted by Crippen LogP contribution is 2.33. The molecule has 0 aromatic heterocycles. The summed E-state index contributed by atoms with van der Waals surface area (Å²) in [5.41, 5.74) is 2.96. The second-order valence-corrected chi connectivity index (χ2v) is 8.08. The first-order chi connectivity index (χ1) is 12.9. The van der Waals surface area contributed by atoms with Gasteiger partial charge in [0.05, 0.1) is 4.91 Å². The first-order valence-electron chi connectivity index (χ1n) is 8.27. The fourth-order valence-corrected chi connectivity index (χ4v) is 4.12. The number of carboxylic acid groups (broad SMARTS) is 1. The number of benzene rings is 2. The van der Waals surface area contributed by atoms with E-state index in [-0.39, 0.29) is 12.3 Å². The van der Waals surface area contributed by atoms with Crippen molar-refractivity contribution in [3.05, 3.63) is 64.0 Å². The predicted molar refractivity (Wildman–Crippen MR) is 114 cm³/mol. The largest absolute Gasteiger partial charge is 0.481 e. The third kappa shape index (κ3) is 4.97. The number of halogens is 1. The Morgan fingerprint density at radius 1 is 1.19 bits per heavy atom. The van der Waals surface area contributed by atoms with E-state index in [4.69, 9.17) is 28.9 Å². The molecule has 0 saturated carbocycles. The number of hydrogen-bond acceptors (Lipinski definition) is 4. The molecule has 0 bridgehead atoms. The summed E-state index contributed by atoms with van der Waals surface area (Å²) in [4.78, 5) is 25.2. The van der Waals surface area contributed by atoms with Crippen molar-refractivity contribution in [2.75, 3.05) is 6.54 Å². The standard InChI is InChI=1S/C20H16ClNO3S2/c21-16-8-6-14(7-9-16)15-4-1-3-13(11-15)12-17-19(25)22(20(26)27-17)10-2-5-18(23)24/h1,3-4,6-9,11-12H,2,5,10H2,(H,23,24). The Labute approximate surface area is 171 Å². The van der Waals surface area contributed by atoms with Gasteiger partial charge in [-0.3, -0.25) is 14.5 Å². The fourth-order valence-electron chi connectivity index (χ4n) is 2.68. The second-order valence-electron chi connectivity index (χ2n) is 5.96. The van der Waals surface area contributed by atoms with Gasteiger partial charge in [0.25, 0.3) is 5.91 Å². The van der Waals surface area contributed by atoms with Crippen molar-refractivity contribution in [2.24, 2.45) is 0 Å². The van der Waals surface area contributed by atoms with Crippen molar-refractivity contribution >= 4 is 57.9 Å². The van der Waals surface area contributed by atoms with E-state index in [0.29, 0.717) is 27.2 Å². The zero-order chi connectivity index (χ0) is 19.4. The minimum atomic E-state index is -0.880. The summed E-state index contributed by atoms with van der Waals surface area (Å²) < 4.78 is 0.463. The lowest BCUT2D eigenvalue weighted by atomic mass is 10.0. The molecular weight excluding hydrogens is 402 g/mol. The molecule has 138 valence electrons. The Hall–Kier alpha value is -2.15.